The van der Waals surface area contributed by atoms with Crippen molar-refractivity contribution in [2.45, 2.75) is 19.9 Å². The van der Waals surface area contributed by atoms with E-state index in [0.717, 1.165) is 9.86 Å². The van der Waals surface area contributed by atoms with E-state index >= 15 is 0 Å². The number of carboxylic acids is 1. The third-order valence-electron chi connectivity index (χ3n) is 3.22. The summed E-state index contributed by atoms with van der Waals surface area (Å²) in [7, 11) is 0. The van der Waals surface area contributed by atoms with Crippen LogP contribution in [0.3, 0.4) is 0 Å². The van der Waals surface area contributed by atoms with Crippen LogP contribution >= 0.6 is 15.9 Å². The van der Waals surface area contributed by atoms with Gasteiger partial charge in [-0.15, -0.1) is 0 Å². The van der Waals surface area contributed by atoms with Crippen molar-refractivity contribution in [1.29, 1.82) is 0 Å². The minimum absolute atomic E-state index is 0.163. The molecule has 0 saturated carbocycles. The Labute approximate surface area is 124 Å². The number of hydrogen-bond donors (Lipinski definition) is 2. The number of carboxylic acid groups (broad SMARTS) is 1. The molecule has 1 aromatic carbocycles. The topological polar surface area (TPSA) is 79.5 Å². The van der Waals surface area contributed by atoms with Crippen molar-refractivity contribution in [1.82, 2.24) is 5.32 Å². The van der Waals surface area contributed by atoms with Gasteiger partial charge in [0.1, 0.15) is 5.58 Å². The highest BCUT2D eigenvalue weighted by Crippen LogP contribution is 2.27. The molecule has 106 valence electrons. The molecule has 1 heterocycles. The second-order valence-corrected chi connectivity index (χ2v) is 5.51. The number of aliphatic carboxylic acids is 1. The number of para-hydroxylation sites is 1. The van der Waals surface area contributed by atoms with Crippen LogP contribution in [-0.4, -0.2) is 23.0 Å². The van der Waals surface area contributed by atoms with E-state index in [1.54, 1.807) is 19.9 Å². The highest BCUT2D eigenvalue weighted by molar-refractivity contribution is 9.10. The number of hydrogen-bond acceptors (Lipinski definition) is 3. The van der Waals surface area contributed by atoms with Crippen molar-refractivity contribution in [3.63, 3.8) is 0 Å². The molecule has 1 aromatic heterocycles. The molecule has 0 aliphatic heterocycles. The maximum absolute atomic E-state index is 12.0. The average Bonchev–Trinajstić information content (AvgIpc) is 2.83. The van der Waals surface area contributed by atoms with Crippen LogP contribution in [0.2, 0.25) is 0 Å². The van der Waals surface area contributed by atoms with E-state index in [-0.39, 0.29) is 5.76 Å². The fourth-order valence-electron chi connectivity index (χ4n) is 1.76. The monoisotopic (exact) mass is 339 g/mol. The minimum atomic E-state index is -0.954. The molecule has 0 bridgehead atoms. The highest BCUT2D eigenvalue weighted by Gasteiger charge is 2.23. The van der Waals surface area contributed by atoms with Crippen LogP contribution < -0.4 is 5.32 Å². The van der Waals surface area contributed by atoms with Gasteiger partial charge in [0.2, 0.25) is 0 Å². The first-order valence-electron chi connectivity index (χ1n) is 6.12. The molecule has 2 N–H and O–H groups in total. The maximum atomic E-state index is 12.0. The largest absolute Gasteiger partial charge is 0.481 e. The van der Waals surface area contributed by atoms with Gasteiger partial charge in [-0.2, -0.15) is 0 Å². The van der Waals surface area contributed by atoms with Gasteiger partial charge < -0.3 is 14.8 Å². The molecular weight excluding hydrogens is 326 g/mol. The predicted octanol–water partition coefficient (Wildman–Crippen LogP) is 3.03. The van der Waals surface area contributed by atoms with Crippen molar-refractivity contribution in [2.24, 2.45) is 5.92 Å². The zero-order chi connectivity index (χ0) is 14.9. The van der Waals surface area contributed by atoms with Gasteiger partial charge in [0.25, 0.3) is 5.91 Å². The Hall–Kier alpha value is -1.82. The number of benzene rings is 1. The minimum Gasteiger partial charge on any atom is -0.481 e. The summed E-state index contributed by atoms with van der Waals surface area (Å²) in [4.78, 5) is 22.9. The Morgan fingerprint density at radius 2 is 2.05 bits per heavy atom. The molecule has 20 heavy (non-hydrogen) atoms. The average molecular weight is 340 g/mol. The predicted molar refractivity (Wildman–Crippen MR) is 77.6 cm³/mol. The summed E-state index contributed by atoms with van der Waals surface area (Å²) in [6.07, 6.45) is 0. The van der Waals surface area contributed by atoms with Gasteiger partial charge in [-0.3, -0.25) is 9.59 Å². The first kappa shape index (κ1) is 14.6. The molecule has 1 amide bonds. The van der Waals surface area contributed by atoms with Gasteiger partial charge in [0.05, 0.1) is 10.4 Å². The first-order valence-corrected chi connectivity index (χ1v) is 6.91. The van der Waals surface area contributed by atoms with Crippen molar-refractivity contribution in [2.75, 3.05) is 0 Å². The number of furan rings is 1. The van der Waals surface area contributed by atoms with Gasteiger partial charge in [-0.25, -0.2) is 0 Å². The van der Waals surface area contributed by atoms with Gasteiger partial charge in [0.15, 0.2) is 5.76 Å². The lowest BCUT2D eigenvalue weighted by Crippen LogP contribution is -2.39. The summed E-state index contributed by atoms with van der Waals surface area (Å²) in [6.45, 7) is 3.19. The second kappa shape index (κ2) is 5.66. The molecule has 2 unspecified atom stereocenters. The standard InChI is InChI=1S/C14H14BrNO4/c1-7(14(18)19)8(2)16-13(17)11-6-9-4-3-5-10(15)12(9)20-11/h3-8H,1-2H3,(H,16,17)(H,18,19). The van der Waals surface area contributed by atoms with Gasteiger partial charge >= 0.3 is 5.97 Å². The van der Waals surface area contributed by atoms with E-state index < -0.39 is 23.8 Å². The van der Waals surface area contributed by atoms with E-state index in [1.165, 1.54) is 0 Å². The summed E-state index contributed by atoms with van der Waals surface area (Å²) in [5.41, 5.74) is 0.594. The third-order valence-corrected chi connectivity index (χ3v) is 3.84. The molecule has 0 fully saturated rings. The number of nitrogens with one attached hydrogen (secondary N) is 1. The molecule has 2 atom stereocenters. The van der Waals surface area contributed by atoms with E-state index in [0.29, 0.717) is 5.58 Å². The number of carbonyl (C=O) groups excluding carboxylic acids is 1. The van der Waals surface area contributed by atoms with Gasteiger partial charge in [-0.1, -0.05) is 12.1 Å². The Balaban J connectivity index is 2.19. The fourth-order valence-corrected chi connectivity index (χ4v) is 2.22. The lowest BCUT2D eigenvalue weighted by atomic mass is 10.0. The molecule has 0 saturated heterocycles. The summed E-state index contributed by atoms with van der Waals surface area (Å²) in [6, 6.07) is 6.65. The SMILES string of the molecule is CC(NC(=O)c1cc2cccc(Br)c2o1)C(C)C(=O)O. The molecule has 2 aromatic rings. The molecule has 0 aliphatic carbocycles. The summed E-state index contributed by atoms with van der Waals surface area (Å²) in [5.74, 6) is -1.88. The highest BCUT2D eigenvalue weighted by atomic mass is 79.9. The lowest BCUT2D eigenvalue weighted by molar-refractivity contribution is -0.141. The number of fused-ring (bicyclic) bond motifs is 1. The Bertz CT molecular complexity index is 664. The summed E-state index contributed by atoms with van der Waals surface area (Å²) < 4.78 is 6.26. The first-order chi connectivity index (χ1) is 9.40. The van der Waals surface area contributed by atoms with Crippen molar-refractivity contribution in [3.05, 3.63) is 34.5 Å². The Morgan fingerprint density at radius 1 is 1.35 bits per heavy atom. The third kappa shape index (κ3) is 2.85. The number of carbonyl (C=O) groups is 2. The maximum Gasteiger partial charge on any atom is 0.308 e. The fraction of sp³-hybridized carbons (Fsp3) is 0.286. The summed E-state index contributed by atoms with van der Waals surface area (Å²) >= 11 is 3.35. The van der Waals surface area contributed by atoms with Crippen molar-refractivity contribution < 1.29 is 19.1 Å². The molecule has 6 heteroatoms. The van der Waals surface area contributed by atoms with Gasteiger partial charge in [-0.05, 0) is 41.9 Å². The van der Waals surface area contributed by atoms with Crippen LogP contribution in [0.1, 0.15) is 24.4 Å². The van der Waals surface area contributed by atoms with Crippen LogP contribution in [0.25, 0.3) is 11.0 Å². The molecule has 5 nitrogen and oxygen atoms in total. The number of halogens is 1. The van der Waals surface area contributed by atoms with Crippen molar-refractivity contribution >= 4 is 38.8 Å². The van der Waals surface area contributed by atoms with E-state index in [4.69, 9.17) is 9.52 Å². The number of amides is 1. The van der Waals surface area contributed by atoms with Crippen LogP contribution in [0.5, 0.6) is 0 Å². The Kier molecular flexibility index (Phi) is 4.13. The van der Waals surface area contributed by atoms with E-state index in [2.05, 4.69) is 21.2 Å². The molecule has 0 radical (unpaired) electrons. The smallest absolute Gasteiger partial charge is 0.308 e. The van der Waals surface area contributed by atoms with Crippen LogP contribution in [0.4, 0.5) is 0 Å². The lowest BCUT2D eigenvalue weighted by Gasteiger charge is -2.16. The molecule has 0 aliphatic rings. The zero-order valence-corrected chi connectivity index (χ0v) is 12.6. The normalized spacial score (nSPS) is 13.9. The van der Waals surface area contributed by atoms with E-state index in [1.807, 2.05) is 18.2 Å². The zero-order valence-electron chi connectivity index (χ0n) is 11.0. The number of rotatable bonds is 4. The van der Waals surface area contributed by atoms with Crippen LogP contribution in [0, 0.1) is 5.92 Å². The molecular formula is C14H14BrNO4. The quantitative estimate of drug-likeness (QED) is 0.897. The van der Waals surface area contributed by atoms with Gasteiger partial charge in [0, 0.05) is 11.4 Å². The van der Waals surface area contributed by atoms with Crippen LogP contribution in [-0.2, 0) is 4.79 Å². The Morgan fingerprint density at radius 3 is 2.65 bits per heavy atom. The van der Waals surface area contributed by atoms with E-state index in [9.17, 15) is 9.59 Å². The molecule has 2 rings (SSSR count). The molecule has 0 spiro atoms. The van der Waals surface area contributed by atoms with Crippen molar-refractivity contribution in [3.8, 4) is 0 Å². The summed E-state index contributed by atoms with van der Waals surface area (Å²) in [5, 5.41) is 12.3. The van der Waals surface area contributed by atoms with Crippen LogP contribution in [0.15, 0.2) is 33.2 Å². The second-order valence-electron chi connectivity index (χ2n) is 4.66.